The smallest absolute Gasteiger partial charge is 0.418 e. The molecule has 0 aliphatic carbocycles. The van der Waals surface area contributed by atoms with Gasteiger partial charge in [-0.3, -0.25) is 14.4 Å². The van der Waals surface area contributed by atoms with Gasteiger partial charge < -0.3 is 15.4 Å². The van der Waals surface area contributed by atoms with E-state index in [1.165, 1.54) is 24.4 Å². The van der Waals surface area contributed by atoms with Gasteiger partial charge in [-0.25, -0.2) is 5.43 Å². The Morgan fingerprint density at radius 1 is 1.12 bits per heavy atom. The van der Waals surface area contributed by atoms with Crippen LogP contribution in [0.1, 0.15) is 31.4 Å². The molecule has 0 saturated heterocycles. The van der Waals surface area contributed by atoms with Crippen molar-refractivity contribution < 1.29 is 32.3 Å². The van der Waals surface area contributed by atoms with E-state index in [-0.39, 0.29) is 22.0 Å². The summed E-state index contributed by atoms with van der Waals surface area (Å²) in [4.78, 5) is 35.3. The Morgan fingerprint density at radius 3 is 2.41 bits per heavy atom. The molecule has 0 bridgehead atoms. The largest absolute Gasteiger partial charge is 0.484 e. The van der Waals surface area contributed by atoms with Gasteiger partial charge in [-0.05, 0) is 61.4 Å². The van der Waals surface area contributed by atoms with Gasteiger partial charge in [0.05, 0.1) is 17.5 Å². The van der Waals surface area contributed by atoms with Gasteiger partial charge in [0.15, 0.2) is 6.61 Å². The fraction of sp³-hybridized carbons (Fsp3) is 0.273. The summed E-state index contributed by atoms with van der Waals surface area (Å²) >= 11 is 2.98. The highest BCUT2D eigenvalue weighted by Crippen LogP contribution is 2.36. The molecule has 0 spiro atoms. The lowest BCUT2D eigenvalue weighted by Gasteiger charge is -2.14. The van der Waals surface area contributed by atoms with Crippen LogP contribution >= 0.6 is 15.9 Å². The van der Waals surface area contributed by atoms with E-state index in [9.17, 15) is 27.6 Å². The van der Waals surface area contributed by atoms with E-state index in [0.29, 0.717) is 12.0 Å². The number of rotatable bonds is 8. The van der Waals surface area contributed by atoms with Gasteiger partial charge in [0.2, 0.25) is 0 Å². The molecule has 12 heteroatoms. The van der Waals surface area contributed by atoms with Crippen LogP contribution in [0.3, 0.4) is 0 Å². The normalized spacial score (nSPS) is 12.2. The molecule has 0 saturated carbocycles. The minimum absolute atomic E-state index is 0.140. The zero-order chi connectivity index (χ0) is 25.3. The molecular formula is C22H22BrF3N4O4. The lowest BCUT2D eigenvalue weighted by atomic mass is 10.1. The van der Waals surface area contributed by atoms with Crippen LogP contribution in [0.25, 0.3) is 0 Å². The fourth-order valence-corrected chi connectivity index (χ4v) is 2.81. The molecule has 3 amide bonds. The number of carbonyl (C=O) groups excluding carboxylic acids is 3. The molecule has 0 fully saturated rings. The molecule has 1 atom stereocenters. The monoisotopic (exact) mass is 542 g/mol. The molecule has 0 heterocycles. The van der Waals surface area contributed by atoms with Crippen molar-refractivity contribution in [1.29, 1.82) is 0 Å². The highest BCUT2D eigenvalue weighted by atomic mass is 79.9. The predicted octanol–water partition coefficient (Wildman–Crippen LogP) is 3.85. The second-order valence-corrected chi connectivity index (χ2v) is 7.99. The first-order valence-corrected chi connectivity index (χ1v) is 10.8. The summed E-state index contributed by atoms with van der Waals surface area (Å²) < 4.78 is 45.0. The number of nitrogens with zero attached hydrogens (tertiary/aromatic N) is 1. The summed E-state index contributed by atoms with van der Waals surface area (Å²) in [6, 6.07) is 9.41. The van der Waals surface area contributed by atoms with Gasteiger partial charge in [0.25, 0.3) is 5.91 Å². The number of ether oxygens (including phenoxy) is 1. The maximum atomic E-state index is 13.1. The third-order valence-electron chi connectivity index (χ3n) is 4.39. The van der Waals surface area contributed by atoms with Crippen molar-refractivity contribution in [2.45, 2.75) is 32.5 Å². The van der Waals surface area contributed by atoms with E-state index in [0.717, 1.165) is 12.1 Å². The van der Waals surface area contributed by atoms with Gasteiger partial charge in [-0.1, -0.05) is 22.9 Å². The van der Waals surface area contributed by atoms with E-state index in [1.807, 2.05) is 6.92 Å². The van der Waals surface area contributed by atoms with Crippen LogP contribution in [-0.4, -0.2) is 36.6 Å². The highest BCUT2D eigenvalue weighted by Gasteiger charge is 2.34. The summed E-state index contributed by atoms with van der Waals surface area (Å²) in [5.41, 5.74) is 1.31. The van der Waals surface area contributed by atoms with Crippen molar-refractivity contribution in [3.63, 3.8) is 0 Å². The molecule has 0 aliphatic rings. The van der Waals surface area contributed by atoms with Crippen molar-refractivity contribution in [3.05, 3.63) is 58.1 Å². The molecule has 0 unspecified atom stereocenters. The van der Waals surface area contributed by atoms with Crippen LogP contribution in [0.5, 0.6) is 5.75 Å². The molecule has 0 aromatic heterocycles. The van der Waals surface area contributed by atoms with Crippen molar-refractivity contribution in [3.8, 4) is 5.75 Å². The van der Waals surface area contributed by atoms with Crippen LogP contribution in [0.15, 0.2) is 52.0 Å². The first-order valence-electron chi connectivity index (χ1n) is 10.0. The average molecular weight is 543 g/mol. The van der Waals surface area contributed by atoms with Crippen LogP contribution in [0.4, 0.5) is 18.9 Å². The zero-order valence-electron chi connectivity index (χ0n) is 18.2. The summed E-state index contributed by atoms with van der Waals surface area (Å²) in [6.45, 7) is 3.12. The maximum Gasteiger partial charge on any atom is 0.418 e. The van der Waals surface area contributed by atoms with Crippen LogP contribution < -0.4 is 20.8 Å². The molecule has 0 aliphatic heterocycles. The maximum absolute atomic E-state index is 13.1. The van der Waals surface area contributed by atoms with Gasteiger partial charge in [-0.2, -0.15) is 18.3 Å². The van der Waals surface area contributed by atoms with Gasteiger partial charge >= 0.3 is 18.0 Å². The summed E-state index contributed by atoms with van der Waals surface area (Å²) in [5.74, 6) is -2.17. The lowest BCUT2D eigenvalue weighted by Crippen LogP contribution is -2.41. The first kappa shape index (κ1) is 26.8. The standard InChI is InChI=1S/C22H22BrF3N4O4/c1-3-13(2)28-20(32)21(33)30-27-11-14-4-7-16(8-5-14)34-12-19(31)29-18-9-6-15(23)10-17(18)22(24,25)26/h4-11,13H,3,12H2,1-2H3,(H,28,32)(H,29,31)(H,30,33)/b27-11-/t13-/m1/s1. The number of hydrazone groups is 1. The first-order chi connectivity index (χ1) is 16.0. The summed E-state index contributed by atoms with van der Waals surface area (Å²) in [6.07, 6.45) is -2.66. The van der Waals surface area contributed by atoms with E-state index in [2.05, 4.69) is 37.1 Å². The second kappa shape index (κ2) is 12.2. The number of halogens is 4. The molecule has 2 rings (SSSR count). The van der Waals surface area contributed by atoms with E-state index in [1.54, 1.807) is 19.1 Å². The average Bonchev–Trinajstić information content (AvgIpc) is 2.78. The topological polar surface area (TPSA) is 109 Å². The van der Waals surface area contributed by atoms with E-state index < -0.39 is 36.1 Å². The molecule has 2 aromatic rings. The Balaban J connectivity index is 1.86. The van der Waals surface area contributed by atoms with Crippen LogP contribution in [0.2, 0.25) is 0 Å². The molecule has 2 aromatic carbocycles. The van der Waals surface area contributed by atoms with Crippen LogP contribution in [-0.2, 0) is 20.6 Å². The Labute approximate surface area is 202 Å². The van der Waals surface area contributed by atoms with Crippen molar-refractivity contribution in [1.82, 2.24) is 10.7 Å². The quantitative estimate of drug-likeness (QED) is 0.267. The Bertz CT molecular complexity index is 1060. The number of benzene rings is 2. The third kappa shape index (κ3) is 8.50. The minimum atomic E-state index is -4.64. The number of nitrogens with one attached hydrogen (secondary N) is 3. The van der Waals surface area contributed by atoms with Crippen molar-refractivity contribution in [2.24, 2.45) is 5.10 Å². The number of hydrogen-bond donors (Lipinski definition) is 3. The fourth-order valence-electron chi connectivity index (χ4n) is 2.45. The van der Waals surface area contributed by atoms with Crippen molar-refractivity contribution in [2.75, 3.05) is 11.9 Å². The minimum Gasteiger partial charge on any atom is -0.484 e. The highest BCUT2D eigenvalue weighted by molar-refractivity contribution is 9.10. The van der Waals surface area contributed by atoms with E-state index >= 15 is 0 Å². The third-order valence-corrected chi connectivity index (χ3v) is 4.88. The number of anilines is 1. The molecule has 3 N–H and O–H groups in total. The molecule has 182 valence electrons. The van der Waals surface area contributed by atoms with Gasteiger partial charge in [0, 0.05) is 10.5 Å². The molecular weight excluding hydrogens is 521 g/mol. The predicted molar refractivity (Wildman–Crippen MR) is 123 cm³/mol. The SMILES string of the molecule is CC[C@@H](C)NC(=O)C(=O)N/N=C\c1ccc(OCC(=O)Nc2ccc(Br)cc2C(F)(F)F)cc1. The van der Waals surface area contributed by atoms with Gasteiger partial charge in [0.1, 0.15) is 5.75 Å². The molecule has 34 heavy (non-hydrogen) atoms. The molecule has 0 radical (unpaired) electrons. The molecule has 8 nitrogen and oxygen atoms in total. The number of hydrogen-bond acceptors (Lipinski definition) is 5. The Hall–Kier alpha value is -3.41. The van der Waals surface area contributed by atoms with Crippen molar-refractivity contribution >= 4 is 45.6 Å². The summed E-state index contributed by atoms with van der Waals surface area (Å²) in [7, 11) is 0. The number of carbonyl (C=O) groups is 3. The zero-order valence-corrected chi connectivity index (χ0v) is 19.8. The Kier molecular flexibility index (Phi) is 9.60. The second-order valence-electron chi connectivity index (χ2n) is 7.08. The van der Waals surface area contributed by atoms with Crippen LogP contribution in [0, 0.1) is 0 Å². The summed E-state index contributed by atoms with van der Waals surface area (Å²) in [5, 5.41) is 8.39. The Morgan fingerprint density at radius 2 is 1.79 bits per heavy atom. The van der Waals surface area contributed by atoms with E-state index in [4.69, 9.17) is 4.74 Å². The lowest BCUT2D eigenvalue weighted by molar-refractivity contribution is -0.139. The van der Waals surface area contributed by atoms with Gasteiger partial charge in [-0.15, -0.1) is 0 Å². The number of amides is 3. The number of alkyl halides is 3.